The van der Waals surface area contributed by atoms with Gasteiger partial charge in [0.2, 0.25) is 6.79 Å². The molecule has 30 heavy (non-hydrogen) atoms. The van der Waals surface area contributed by atoms with Crippen molar-refractivity contribution in [3.8, 4) is 17.6 Å². The van der Waals surface area contributed by atoms with Gasteiger partial charge in [0.05, 0.1) is 11.8 Å². The Morgan fingerprint density at radius 2 is 2.03 bits per heavy atom. The quantitative estimate of drug-likeness (QED) is 0.700. The number of nitrogens with zero attached hydrogens (tertiary/aromatic N) is 3. The molecular formula is C22H17N5O3. The molecule has 0 unspecified atom stereocenters. The van der Waals surface area contributed by atoms with E-state index in [1.807, 2.05) is 55.5 Å². The molecule has 5 rings (SSSR count). The number of aromatic nitrogens is 2. The average Bonchev–Trinajstić information content (AvgIpc) is 3.39. The maximum absolute atomic E-state index is 13.3. The Kier molecular flexibility index (Phi) is 4.14. The summed E-state index contributed by atoms with van der Waals surface area (Å²) < 4.78 is 12.6. The number of ether oxygens (including phenoxy) is 2. The third-order valence-corrected chi connectivity index (χ3v) is 5.13. The molecule has 148 valence electrons. The van der Waals surface area contributed by atoms with Gasteiger partial charge in [-0.3, -0.25) is 4.79 Å². The first-order chi connectivity index (χ1) is 14.7. The predicted octanol–water partition coefficient (Wildman–Crippen LogP) is 3.41. The fourth-order valence-electron chi connectivity index (χ4n) is 3.74. The molecule has 8 nitrogen and oxygen atoms in total. The standard InChI is InChI=1S/C22H17N5O3/c1-13-19(22(28)26-16-5-3-2-4-6-16)20(27-21(25-13)15(10-23)11-24-27)14-7-8-17-18(9-14)30-12-29-17/h2-9,11,20,25H,12H2,1H3,(H,26,28)/t20-/m1/s1. The number of carbonyl (C=O) groups excluding carboxylic acids is 1. The number of allylic oxidation sites excluding steroid dienone is 1. The highest BCUT2D eigenvalue weighted by atomic mass is 16.7. The van der Waals surface area contributed by atoms with Crippen LogP contribution in [0.4, 0.5) is 11.5 Å². The normalized spacial score (nSPS) is 16.5. The summed E-state index contributed by atoms with van der Waals surface area (Å²) in [7, 11) is 0. The zero-order chi connectivity index (χ0) is 20.7. The minimum absolute atomic E-state index is 0.160. The van der Waals surface area contributed by atoms with Crippen molar-refractivity contribution in [2.24, 2.45) is 0 Å². The Morgan fingerprint density at radius 1 is 1.23 bits per heavy atom. The second kappa shape index (κ2) is 6.97. The first kappa shape index (κ1) is 17.8. The molecule has 1 amide bonds. The highest BCUT2D eigenvalue weighted by molar-refractivity contribution is 6.06. The predicted molar refractivity (Wildman–Crippen MR) is 109 cm³/mol. The van der Waals surface area contributed by atoms with E-state index in [0.717, 1.165) is 5.56 Å². The van der Waals surface area contributed by atoms with Crippen LogP contribution < -0.4 is 20.1 Å². The van der Waals surface area contributed by atoms with E-state index < -0.39 is 6.04 Å². The third-order valence-electron chi connectivity index (χ3n) is 5.13. The summed E-state index contributed by atoms with van der Waals surface area (Å²) in [6.07, 6.45) is 1.49. The van der Waals surface area contributed by atoms with E-state index in [-0.39, 0.29) is 12.7 Å². The number of fused-ring (bicyclic) bond motifs is 2. The molecule has 0 aliphatic carbocycles. The molecule has 3 aromatic rings. The molecule has 1 aromatic heterocycles. The van der Waals surface area contributed by atoms with E-state index in [2.05, 4.69) is 21.8 Å². The summed E-state index contributed by atoms with van der Waals surface area (Å²) in [6.45, 7) is 1.98. The molecule has 0 radical (unpaired) electrons. The van der Waals surface area contributed by atoms with Crippen LogP contribution in [0.3, 0.4) is 0 Å². The topological polar surface area (TPSA) is 101 Å². The van der Waals surface area contributed by atoms with Gasteiger partial charge in [-0.2, -0.15) is 10.4 Å². The van der Waals surface area contributed by atoms with Crippen LogP contribution in [0.1, 0.15) is 24.1 Å². The van der Waals surface area contributed by atoms with Crippen LogP contribution in [0.2, 0.25) is 0 Å². The SMILES string of the molecule is CC1=C(C(=O)Nc2ccccc2)[C@@H](c2ccc3c(c2)OCO3)n2ncc(C#N)c2N1. The molecule has 2 aliphatic heterocycles. The maximum atomic E-state index is 13.3. The number of hydrogen-bond donors (Lipinski definition) is 2. The Labute approximate surface area is 172 Å². The molecule has 2 aromatic carbocycles. The van der Waals surface area contributed by atoms with Crippen molar-refractivity contribution >= 4 is 17.4 Å². The molecular weight excluding hydrogens is 382 g/mol. The minimum atomic E-state index is -0.540. The number of benzene rings is 2. The Bertz CT molecular complexity index is 1220. The second-order valence-corrected chi connectivity index (χ2v) is 6.96. The molecule has 0 bridgehead atoms. The van der Waals surface area contributed by atoms with Gasteiger partial charge in [0, 0.05) is 11.4 Å². The summed E-state index contributed by atoms with van der Waals surface area (Å²) in [5.41, 5.74) is 3.04. The van der Waals surface area contributed by atoms with Crippen LogP contribution in [0.15, 0.2) is 66.0 Å². The summed E-state index contributed by atoms with van der Waals surface area (Å²) in [4.78, 5) is 13.3. The largest absolute Gasteiger partial charge is 0.454 e. The van der Waals surface area contributed by atoms with Crippen LogP contribution in [-0.4, -0.2) is 22.5 Å². The number of anilines is 2. The van der Waals surface area contributed by atoms with E-state index in [4.69, 9.17) is 9.47 Å². The van der Waals surface area contributed by atoms with Crippen LogP contribution in [0, 0.1) is 11.3 Å². The number of para-hydroxylation sites is 1. The fraction of sp³-hybridized carbons (Fsp3) is 0.136. The van der Waals surface area contributed by atoms with E-state index >= 15 is 0 Å². The van der Waals surface area contributed by atoms with Gasteiger partial charge < -0.3 is 20.1 Å². The summed E-state index contributed by atoms with van der Waals surface area (Å²) in [6, 6.07) is 16.4. The smallest absolute Gasteiger partial charge is 0.255 e. The Hall–Kier alpha value is -4.25. The van der Waals surface area contributed by atoms with Gasteiger partial charge in [-0.1, -0.05) is 24.3 Å². The van der Waals surface area contributed by atoms with Gasteiger partial charge >= 0.3 is 0 Å². The monoisotopic (exact) mass is 399 g/mol. The van der Waals surface area contributed by atoms with Crippen molar-refractivity contribution in [2.75, 3.05) is 17.4 Å². The van der Waals surface area contributed by atoms with Gasteiger partial charge in [-0.15, -0.1) is 0 Å². The van der Waals surface area contributed by atoms with E-state index in [1.54, 1.807) is 4.68 Å². The lowest BCUT2D eigenvalue weighted by atomic mass is 9.94. The highest BCUT2D eigenvalue weighted by Gasteiger charge is 2.35. The van der Waals surface area contributed by atoms with Crippen LogP contribution in [-0.2, 0) is 4.79 Å². The molecule has 0 fully saturated rings. The van der Waals surface area contributed by atoms with E-state index in [9.17, 15) is 10.1 Å². The summed E-state index contributed by atoms with van der Waals surface area (Å²) in [5.74, 6) is 1.56. The zero-order valence-corrected chi connectivity index (χ0v) is 16.0. The lowest BCUT2D eigenvalue weighted by molar-refractivity contribution is -0.113. The Morgan fingerprint density at radius 3 is 2.83 bits per heavy atom. The van der Waals surface area contributed by atoms with Crippen molar-refractivity contribution in [1.29, 1.82) is 5.26 Å². The number of hydrogen-bond acceptors (Lipinski definition) is 6. The van der Waals surface area contributed by atoms with Crippen LogP contribution >= 0.6 is 0 Å². The van der Waals surface area contributed by atoms with Gasteiger partial charge in [0.15, 0.2) is 11.5 Å². The lowest BCUT2D eigenvalue weighted by Gasteiger charge is -2.30. The Balaban J connectivity index is 1.62. The van der Waals surface area contributed by atoms with Gasteiger partial charge in [0.1, 0.15) is 23.5 Å². The zero-order valence-electron chi connectivity index (χ0n) is 16.0. The van der Waals surface area contributed by atoms with E-state index in [1.165, 1.54) is 6.20 Å². The first-order valence-electron chi connectivity index (χ1n) is 9.37. The molecule has 0 saturated carbocycles. The van der Waals surface area contributed by atoms with Crippen LogP contribution in [0.25, 0.3) is 0 Å². The van der Waals surface area contributed by atoms with Crippen molar-refractivity contribution in [3.05, 3.63) is 77.1 Å². The van der Waals surface area contributed by atoms with Crippen molar-refractivity contribution < 1.29 is 14.3 Å². The number of amides is 1. The van der Waals surface area contributed by atoms with Gasteiger partial charge in [0.25, 0.3) is 5.91 Å². The molecule has 1 atom stereocenters. The van der Waals surface area contributed by atoms with Gasteiger partial charge in [-0.25, -0.2) is 4.68 Å². The number of carbonyl (C=O) groups is 1. The third kappa shape index (κ3) is 2.84. The van der Waals surface area contributed by atoms with Gasteiger partial charge in [-0.05, 0) is 36.8 Å². The summed E-state index contributed by atoms with van der Waals surface area (Å²) >= 11 is 0. The number of nitrogens with one attached hydrogen (secondary N) is 2. The molecule has 2 N–H and O–H groups in total. The fourth-order valence-corrected chi connectivity index (χ4v) is 3.74. The second-order valence-electron chi connectivity index (χ2n) is 6.96. The highest BCUT2D eigenvalue weighted by Crippen LogP contribution is 2.41. The molecule has 8 heteroatoms. The van der Waals surface area contributed by atoms with Crippen molar-refractivity contribution in [3.63, 3.8) is 0 Å². The van der Waals surface area contributed by atoms with Crippen molar-refractivity contribution in [2.45, 2.75) is 13.0 Å². The maximum Gasteiger partial charge on any atom is 0.255 e. The molecule has 0 spiro atoms. The minimum Gasteiger partial charge on any atom is -0.454 e. The molecule has 0 saturated heterocycles. The van der Waals surface area contributed by atoms with Crippen molar-refractivity contribution in [1.82, 2.24) is 9.78 Å². The number of nitriles is 1. The first-order valence-corrected chi connectivity index (χ1v) is 9.37. The lowest BCUT2D eigenvalue weighted by Crippen LogP contribution is -2.31. The average molecular weight is 399 g/mol. The number of rotatable bonds is 3. The summed E-state index contributed by atoms with van der Waals surface area (Å²) in [5, 5.41) is 20.0. The molecule has 2 aliphatic rings. The van der Waals surface area contributed by atoms with E-state index in [0.29, 0.717) is 39.8 Å². The van der Waals surface area contributed by atoms with Crippen LogP contribution in [0.5, 0.6) is 11.5 Å². The molecule has 3 heterocycles.